The molecule has 0 spiro atoms. The summed E-state index contributed by atoms with van der Waals surface area (Å²) >= 11 is 3.93. The van der Waals surface area contributed by atoms with Gasteiger partial charge in [-0.2, -0.15) is 0 Å². The molecule has 9 heavy (non-hydrogen) atoms. The van der Waals surface area contributed by atoms with Crippen LogP contribution in [0.3, 0.4) is 0 Å². The zero-order chi connectivity index (χ0) is 7.28. The summed E-state index contributed by atoms with van der Waals surface area (Å²) in [6, 6.07) is 0. The molecule has 0 radical (unpaired) electrons. The Morgan fingerprint density at radius 1 is 1.44 bits per heavy atom. The lowest BCUT2D eigenvalue weighted by Gasteiger charge is -1.93. The van der Waals surface area contributed by atoms with Crippen LogP contribution in [0.2, 0.25) is 0 Å². The summed E-state index contributed by atoms with van der Waals surface area (Å²) in [5.41, 5.74) is 0. The van der Waals surface area contributed by atoms with Crippen LogP contribution < -0.4 is 0 Å². The predicted molar refractivity (Wildman–Crippen MR) is 43.4 cm³/mol. The zero-order valence-corrected chi connectivity index (χ0v) is 6.32. The quantitative estimate of drug-likeness (QED) is 0.361. The highest BCUT2D eigenvalue weighted by atomic mass is 32.1. The van der Waals surface area contributed by atoms with Gasteiger partial charge in [-0.15, -0.1) is 12.6 Å². The molecule has 0 fully saturated rings. The van der Waals surface area contributed by atoms with E-state index >= 15 is 0 Å². The monoisotopic (exact) mass is 142 g/mol. The molecule has 0 aromatic carbocycles. The molecule has 0 saturated heterocycles. The average Bonchev–Trinajstić information content (AvgIpc) is 1.83. The molecule has 0 aliphatic heterocycles. The minimum Gasteiger partial charge on any atom is -0.497 e. The first-order valence-electron chi connectivity index (χ1n) is 2.45. The second kappa shape index (κ2) is 4.27. The van der Waals surface area contributed by atoms with Crippen LogP contribution in [-0.2, 0) is 4.74 Å². The Morgan fingerprint density at radius 2 is 2.00 bits per heavy atom. The van der Waals surface area contributed by atoms with E-state index < -0.39 is 0 Å². The van der Waals surface area contributed by atoms with Gasteiger partial charge in [-0.1, -0.05) is 13.2 Å². The topological polar surface area (TPSA) is 9.23 Å². The third-order valence-electron chi connectivity index (χ3n) is 0.724. The highest BCUT2D eigenvalue weighted by Gasteiger charge is 1.79. The Hall–Kier alpha value is -0.630. The zero-order valence-electron chi connectivity index (χ0n) is 5.42. The van der Waals surface area contributed by atoms with Crippen LogP contribution in [0.25, 0.3) is 0 Å². The van der Waals surface area contributed by atoms with Crippen molar-refractivity contribution in [2.75, 3.05) is 7.11 Å². The molecular weight excluding hydrogens is 132 g/mol. The minimum absolute atomic E-state index is 0.602. The Morgan fingerprint density at radius 3 is 2.33 bits per heavy atom. The smallest absolute Gasteiger partial charge is 0.111 e. The summed E-state index contributed by atoms with van der Waals surface area (Å²) in [6.07, 6.45) is 3.42. The van der Waals surface area contributed by atoms with Crippen molar-refractivity contribution in [3.8, 4) is 0 Å². The maximum Gasteiger partial charge on any atom is 0.111 e. The number of thiol groups is 1. The van der Waals surface area contributed by atoms with Gasteiger partial charge in [0.15, 0.2) is 0 Å². The van der Waals surface area contributed by atoms with Gasteiger partial charge in [0.1, 0.15) is 5.76 Å². The van der Waals surface area contributed by atoms with Crippen molar-refractivity contribution in [2.45, 2.75) is 0 Å². The van der Waals surface area contributed by atoms with Crippen molar-refractivity contribution in [1.82, 2.24) is 0 Å². The summed E-state index contributed by atoms with van der Waals surface area (Å²) in [7, 11) is 1.56. The van der Waals surface area contributed by atoms with E-state index in [1.807, 2.05) is 0 Å². The molecular formula is C7H10OS. The lowest BCUT2D eigenvalue weighted by Crippen LogP contribution is -1.75. The molecule has 0 aliphatic carbocycles. The van der Waals surface area contributed by atoms with Crippen LogP contribution in [0, 0.1) is 0 Å². The molecule has 0 amide bonds. The first kappa shape index (κ1) is 8.37. The van der Waals surface area contributed by atoms with Crippen molar-refractivity contribution in [3.05, 3.63) is 36.0 Å². The van der Waals surface area contributed by atoms with E-state index in [9.17, 15) is 0 Å². The van der Waals surface area contributed by atoms with Crippen LogP contribution >= 0.6 is 12.6 Å². The lowest BCUT2D eigenvalue weighted by atomic mass is 10.4. The van der Waals surface area contributed by atoms with Crippen LogP contribution in [-0.4, -0.2) is 7.11 Å². The van der Waals surface area contributed by atoms with Gasteiger partial charge in [0.25, 0.3) is 0 Å². The fraction of sp³-hybridized carbons (Fsp3) is 0.143. The number of hydrogen-bond acceptors (Lipinski definition) is 2. The first-order chi connectivity index (χ1) is 4.16. The normalized spacial score (nSPS) is 9.56. The molecule has 0 aliphatic rings. The number of allylic oxidation sites excluding steroid dienone is 2. The minimum atomic E-state index is 0.602. The Balaban J connectivity index is 3.71. The summed E-state index contributed by atoms with van der Waals surface area (Å²) in [5.74, 6) is 0.602. The van der Waals surface area contributed by atoms with Crippen molar-refractivity contribution < 1.29 is 4.74 Å². The van der Waals surface area contributed by atoms with E-state index in [1.165, 1.54) is 0 Å². The number of ether oxygens (including phenoxy) is 1. The number of rotatable bonds is 3. The molecule has 0 unspecified atom stereocenters. The number of hydrogen-bond donors (Lipinski definition) is 1. The van der Waals surface area contributed by atoms with E-state index in [1.54, 1.807) is 19.3 Å². The third kappa shape index (κ3) is 5.24. The molecule has 0 bridgehead atoms. The fourth-order valence-corrected chi connectivity index (χ4v) is 0.332. The van der Waals surface area contributed by atoms with Crippen LogP contribution in [0.4, 0.5) is 0 Å². The lowest BCUT2D eigenvalue weighted by molar-refractivity contribution is 0.309. The van der Waals surface area contributed by atoms with Crippen LogP contribution in [0.15, 0.2) is 36.0 Å². The molecule has 2 heteroatoms. The van der Waals surface area contributed by atoms with Crippen LogP contribution in [0.1, 0.15) is 0 Å². The molecule has 50 valence electrons. The molecule has 0 heterocycles. The van der Waals surface area contributed by atoms with E-state index in [0.717, 1.165) is 0 Å². The molecule has 0 aromatic heterocycles. The van der Waals surface area contributed by atoms with E-state index in [4.69, 9.17) is 4.74 Å². The average molecular weight is 142 g/mol. The summed E-state index contributed by atoms with van der Waals surface area (Å²) in [4.78, 5) is 0.688. The maximum absolute atomic E-state index is 4.74. The molecule has 0 rings (SSSR count). The molecule has 0 N–H and O–H groups in total. The number of methoxy groups -OCH3 is 1. The fourth-order valence-electron chi connectivity index (χ4n) is 0.257. The largest absolute Gasteiger partial charge is 0.497 e. The van der Waals surface area contributed by atoms with Gasteiger partial charge < -0.3 is 4.74 Å². The highest BCUT2D eigenvalue weighted by Crippen LogP contribution is 2.00. The van der Waals surface area contributed by atoms with Crippen LogP contribution in [0.5, 0.6) is 0 Å². The first-order valence-corrected chi connectivity index (χ1v) is 2.90. The molecule has 0 aromatic rings. The Bertz CT molecular complexity index is 147. The summed E-state index contributed by atoms with van der Waals surface area (Å²) < 4.78 is 4.74. The highest BCUT2D eigenvalue weighted by molar-refractivity contribution is 7.84. The Labute approximate surface area is 61.1 Å². The SMILES string of the molecule is C=C(S)/C=C\C(=C)OC. The van der Waals surface area contributed by atoms with Crippen molar-refractivity contribution in [3.63, 3.8) is 0 Å². The second-order valence-corrected chi connectivity index (χ2v) is 2.07. The van der Waals surface area contributed by atoms with Crippen molar-refractivity contribution in [2.24, 2.45) is 0 Å². The van der Waals surface area contributed by atoms with Gasteiger partial charge >= 0.3 is 0 Å². The van der Waals surface area contributed by atoms with Gasteiger partial charge in [-0.25, -0.2) is 0 Å². The van der Waals surface area contributed by atoms with Gasteiger partial charge in [-0.05, 0) is 17.1 Å². The summed E-state index contributed by atoms with van der Waals surface area (Å²) in [5, 5.41) is 0. The van der Waals surface area contributed by atoms with Gasteiger partial charge in [0.2, 0.25) is 0 Å². The van der Waals surface area contributed by atoms with Crippen molar-refractivity contribution >= 4 is 12.6 Å². The van der Waals surface area contributed by atoms with E-state index in [-0.39, 0.29) is 0 Å². The molecule has 0 saturated carbocycles. The second-order valence-electron chi connectivity index (χ2n) is 1.50. The molecule has 0 atom stereocenters. The summed E-state index contributed by atoms with van der Waals surface area (Å²) in [6.45, 7) is 7.10. The third-order valence-corrected chi connectivity index (χ3v) is 0.873. The Kier molecular flexibility index (Phi) is 3.97. The van der Waals surface area contributed by atoms with Crippen molar-refractivity contribution in [1.29, 1.82) is 0 Å². The van der Waals surface area contributed by atoms with Gasteiger partial charge in [0.05, 0.1) is 7.11 Å². The predicted octanol–water partition coefficient (Wildman–Crippen LogP) is 2.15. The standard InChI is InChI=1S/C7H10OS/c1-6(8-3)4-5-7(2)9/h4-5,9H,1-2H2,3H3/b5-4-. The molecule has 1 nitrogen and oxygen atoms in total. The van der Waals surface area contributed by atoms with E-state index in [2.05, 4.69) is 25.8 Å². The maximum atomic E-state index is 4.74. The van der Waals surface area contributed by atoms with E-state index in [0.29, 0.717) is 10.7 Å². The van der Waals surface area contributed by atoms with Gasteiger partial charge in [-0.3, -0.25) is 0 Å². The van der Waals surface area contributed by atoms with Gasteiger partial charge in [0, 0.05) is 0 Å².